The van der Waals surface area contributed by atoms with E-state index in [0.717, 1.165) is 50.7 Å². The molecule has 6 unspecified atom stereocenters. The monoisotopic (exact) mass is 387 g/mol. The molecule has 154 valence electrons. The first-order valence-corrected chi connectivity index (χ1v) is 10.7. The Morgan fingerprint density at radius 3 is 2.61 bits per heavy atom. The summed E-state index contributed by atoms with van der Waals surface area (Å²) >= 11 is 0. The Morgan fingerprint density at radius 1 is 1.18 bits per heavy atom. The highest BCUT2D eigenvalue weighted by Crippen LogP contribution is 2.64. The number of nitrogens with zero attached hydrogens (tertiary/aromatic N) is 1. The third-order valence-electron chi connectivity index (χ3n) is 8.43. The summed E-state index contributed by atoms with van der Waals surface area (Å²) in [6, 6.07) is -0.587. The van der Waals surface area contributed by atoms with Crippen LogP contribution in [0.5, 0.6) is 0 Å². The first-order chi connectivity index (χ1) is 13.2. The fraction of sp³-hybridized carbons (Fsp3) is 0.773. The fourth-order valence-corrected chi connectivity index (χ4v) is 7.06. The van der Waals surface area contributed by atoms with Crippen molar-refractivity contribution in [2.75, 3.05) is 0 Å². The SMILES string of the molecule is CC(=O)OC1CCC2(C)C(=CCC3C2CCC2(C)/C(=N\NC(N)=O)CCC32)C1. The number of amides is 2. The third kappa shape index (κ3) is 3.05. The van der Waals surface area contributed by atoms with E-state index in [1.54, 1.807) is 0 Å². The van der Waals surface area contributed by atoms with Crippen LogP contribution in [0.4, 0.5) is 4.79 Å². The molecule has 3 fully saturated rings. The van der Waals surface area contributed by atoms with Gasteiger partial charge in [0.05, 0.1) is 0 Å². The van der Waals surface area contributed by atoms with Gasteiger partial charge in [-0.3, -0.25) is 4.79 Å². The zero-order chi connectivity index (χ0) is 20.1. The van der Waals surface area contributed by atoms with Crippen LogP contribution in [-0.4, -0.2) is 23.8 Å². The van der Waals surface area contributed by atoms with Gasteiger partial charge in [0.15, 0.2) is 0 Å². The summed E-state index contributed by atoms with van der Waals surface area (Å²) in [6.07, 6.45) is 11.0. The van der Waals surface area contributed by atoms with E-state index in [9.17, 15) is 9.59 Å². The Bertz CT molecular complexity index is 745. The quantitative estimate of drug-likeness (QED) is 0.427. The van der Waals surface area contributed by atoms with Gasteiger partial charge >= 0.3 is 12.0 Å². The summed E-state index contributed by atoms with van der Waals surface area (Å²) in [5.41, 5.74) is 10.6. The molecular weight excluding hydrogens is 354 g/mol. The Hall–Kier alpha value is -1.85. The van der Waals surface area contributed by atoms with Crippen molar-refractivity contribution >= 4 is 17.7 Å². The van der Waals surface area contributed by atoms with Crippen LogP contribution in [0.15, 0.2) is 16.8 Å². The molecule has 0 radical (unpaired) electrons. The average molecular weight is 388 g/mol. The van der Waals surface area contributed by atoms with Gasteiger partial charge in [0.2, 0.25) is 0 Å². The van der Waals surface area contributed by atoms with Crippen LogP contribution < -0.4 is 11.2 Å². The van der Waals surface area contributed by atoms with Crippen LogP contribution in [0.1, 0.15) is 72.1 Å². The van der Waals surface area contributed by atoms with Gasteiger partial charge in [-0.05, 0) is 68.1 Å². The van der Waals surface area contributed by atoms with E-state index in [1.165, 1.54) is 18.9 Å². The smallest absolute Gasteiger partial charge is 0.332 e. The van der Waals surface area contributed by atoms with Crippen LogP contribution in [-0.2, 0) is 9.53 Å². The minimum Gasteiger partial charge on any atom is -0.462 e. The highest BCUT2D eigenvalue weighted by atomic mass is 16.5. The molecule has 0 heterocycles. The molecule has 2 amide bonds. The standard InChI is InChI=1S/C22H33N3O3/c1-13(26)28-15-8-10-21(2)14(12-15)4-5-16-17-6-7-19(24-25-20(23)27)22(17,3)11-9-18(16)21/h4,15-18H,5-12H2,1-3H3,(H3,23,25,27)/b24-19-. The van der Waals surface area contributed by atoms with Crippen molar-refractivity contribution in [2.24, 2.45) is 39.4 Å². The second-order valence-electron chi connectivity index (χ2n) is 9.76. The molecule has 3 saturated carbocycles. The van der Waals surface area contributed by atoms with Crippen molar-refractivity contribution in [3.05, 3.63) is 11.6 Å². The lowest BCUT2D eigenvalue weighted by Gasteiger charge is -2.57. The molecule has 28 heavy (non-hydrogen) atoms. The molecule has 4 aliphatic carbocycles. The van der Waals surface area contributed by atoms with E-state index in [4.69, 9.17) is 10.5 Å². The molecular formula is C22H33N3O3. The Labute approximate surface area is 167 Å². The normalized spacial score (nSPS) is 43.4. The number of hydrogen-bond donors (Lipinski definition) is 2. The minimum atomic E-state index is -0.587. The summed E-state index contributed by atoms with van der Waals surface area (Å²) in [5.74, 6) is 1.80. The number of nitrogens with one attached hydrogen (secondary N) is 1. The topological polar surface area (TPSA) is 93.8 Å². The summed E-state index contributed by atoms with van der Waals surface area (Å²) in [5, 5.41) is 4.38. The van der Waals surface area contributed by atoms with Crippen molar-refractivity contribution in [1.82, 2.24) is 5.43 Å². The van der Waals surface area contributed by atoms with Crippen LogP contribution in [0.25, 0.3) is 0 Å². The number of nitrogens with two attached hydrogens (primary N) is 1. The fourth-order valence-electron chi connectivity index (χ4n) is 7.06. The van der Waals surface area contributed by atoms with Gasteiger partial charge in [-0.15, -0.1) is 0 Å². The van der Waals surface area contributed by atoms with E-state index < -0.39 is 6.03 Å². The van der Waals surface area contributed by atoms with Crippen molar-refractivity contribution < 1.29 is 14.3 Å². The van der Waals surface area contributed by atoms with Crippen LogP contribution in [0, 0.1) is 28.6 Å². The Kier molecular flexibility index (Phi) is 4.79. The van der Waals surface area contributed by atoms with Crippen molar-refractivity contribution in [2.45, 2.75) is 78.2 Å². The molecule has 0 aromatic carbocycles. The summed E-state index contributed by atoms with van der Waals surface area (Å²) in [4.78, 5) is 22.5. The number of hydrazone groups is 1. The van der Waals surface area contributed by atoms with Crippen LogP contribution in [0.2, 0.25) is 0 Å². The lowest BCUT2D eigenvalue weighted by molar-refractivity contribution is -0.148. The highest BCUT2D eigenvalue weighted by Gasteiger charge is 2.58. The van der Waals surface area contributed by atoms with Gasteiger partial charge in [-0.2, -0.15) is 5.10 Å². The highest BCUT2D eigenvalue weighted by molar-refractivity contribution is 5.93. The zero-order valence-corrected chi connectivity index (χ0v) is 17.3. The maximum atomic E-state index is 11.4. The predicted octanol–water partition coefficient (Wildman–Crippen LogP) is 3.91. The molecule has 0 aromatic rings. The Balaban J connectivity index is 1.56. The van der Waals surface area contributed by atoms with E-state index >= 15 is 0 Å². The number of allylic oxidation sites excluding steroid dienone is 1. The Morgan fingerprint density at radius 2 is 1.89 bits per heavy atom. The lowest BCUT2D eigenvalue weighted by atomic mass is 9.48. The third-order valence-corrected chi connectivity index (χ3v) is 8.43. The second-order valence-corrected chi connectivity index (χ2v) is 9.76. The zero-order valence-electron chi connectivity index (χ0n) is 17.3. The summed E-state index contributed by atoms with van der Waals surface area (Å²) in [7, 11) is 0. The summed E-state index contributed by atoms with van der Waals surface area (Å²) in [6.45, 7) is 6.29. The van der Waals surface area contributed by atoms with E-state index in [0.29, 0.717) is 17.8 Å². The van der Waals surface area contributed by atoms with Gasteiger partial charge in [-0.25, -0.2) is 10.2 Å². The maximum absolute atomic E-state index is 11.4. The minimum absolute atomic E-state index is 0.0484. The van der Waals surface area contributed by atoms with E-state index in [1.807, 2.05) is 0 Å². The first-order valence-electron chi connectivity index (χ1n) is 10.7. The molecule has 6 atom stereocenters. The predicted molar refractivity (Wildman–Crippen MR) is 107 cm³/mol. The van der Waals surface area contributed by atoms with E-state index in [-0.39, 0.29) is 22.9 Å². The number of fused-ring (bicyclic) bond motifs is 5. The second kappa shape index (κ2) is 6.89. The largest absolute Gasteiger partial charge is 0.462 e. The number of hydrogen-bond acceptors (Lipinski definition) is 4. The molecule has 6 nitrogen and oxygen atoms in total. The number of urea groups is 1. The molecule has 0 spiro atoms. The average Bonchev–Trinajstić information content (AvgIpc) is 2.96. The number of rotatable bonds is 2. The number of esters is 1. The van der Waals surface area contributed by atoms with Crippen LogP contribution >= 0.6 is 0 Å². The summed E-state index contributed by atoms with van der Waals surface area (Å²) < 4.78 is 5.53. The van der Waals surface area contributed by atoms with Gasteiger partial charge in [0.1, 0.15) is 6.10 Å². The van der Waals surface area contributed by atoms with Gasteiger partial charge in [0.25, 0.3) is 0 Å². The number of ether oxygens (including phenoxy) is 1. The molecule has 0 saturated heterocycles. The number of carbonyl (C=O) groups is 2. The van der Waals surface area contributed by atoms with Gasteiger partial charge in [-0.1, -0.05) is 25.5 Å². The van der Waals surface area contributed by atoms with Crippen LogP contribution in [0.3, 0.4) is 0 Å². The van der Waals surface area contributed by atoms with Gasteiger partial charge < -0.3 is 10.5 Å². The molecule has 0 bridgehead atoms. The number of primary amides is 1. The van der Waals surface area contributed by atoms with Gasteiger partial charge in [0, 0.05) is 24.5 Å². The van der Waals surface area contributed by atoms with Crippen molar-refractivity contribution in [3.8, 4) is 0 Å². The molecule has 0 aromatic heterocycles. The first kappa shape index (κ1) is 19.5. The molecule has 6 heteroatoms. The maximum Gasteiger partial charge on any atom is 0.332 e. The lowest BCUT2D eigenvalue weighted by Crippen LogP contribution is -2.50. The van der Waals surface area contributed by atoms with Crippen molar-refractivity contribution in [1.29, 1.82) is 0 Å². The molecule has 0 aliphatic heterocycles. The van der Waals surface area contributed by atoms with Crippen molar-refractivity contribution in [3.63, 3.8) is 0 Å². The molecule has 4 aliphatic rings. The molecule has 3 N–H and O–H groups in total. The van der Waals surface area contributed by atoms with E-state index in [2.05, 4.69) is 30.5 Å². The molecule has 4 rings (SSSR count). The number of carbonyl (C=O) groups excluding carboxylic acids is 2.